The normalized spacial score (nSPS) is 14.3. The van der Waals surface area contributed by atoms with Crippen molar-refractivity contribution in [1.82, 2.24) is 4.98 Å². The summed E-state index contributed by atoms with van der Waals surface area (Å²) in [5, 5.41) is 1.03. The van der Waals surface area contributed by atoms with Gasteiger partial charge in [0.2, 0.25) is 0 Å². The Labute approximate surface area is 123 Å². The highest BCUT2D eigenvalue weighted by Gasteiger charge is 2.27. The minimum absolute atomic E-state index is 0.0801. The van der Waals surface area contributed by atoms with Crippen LogP contribution in [-0.2, 0) is 12.8 Å². The maximum Gasteiger partial charge on any atom is 0.166 e. The smallest absolute Gasteiger partial charge is 0.166 e. The maximum absolute atomic E-state index is 12.7. The van der Waals surface area contributed by atoms with Crippen molar-refractivity contribution in [2.45, 2.75) is 12.8 Å². The zero-order valence-electron chi connectivity index (χ0n) is 11.6. The highest BCUT2D eigenvalue weighted by molar-refractivity contribution is 6.01. The van der Waals surface area contributed by atoms with Gasteiger partial charge in [-0.3, -0.25) is 9.78 Å². The Hall–Kier alpha value is -2.48. The number of aromatic nitrogens is 1. The summed E-state index contributed by atoms with van der Waals surface area (Å²) < 4.78 is 0. The Balaban J connectivity index is 1.65. The maximum atomic E-state index is 12.7. The second-order valence-corrected chi connectivity index (χ2v) is 5.65. The fraction of sp³-hybridized carbons (Fsp3) is 0.158. The van der Waals surface area contributed by atoms with Crippen LogP contribution in [0.15, 0.2) is 60.8 Å². The molecule has 1 aliphatic rings. The molecule has 1 aromatic heterocycles. The molecule has 1 heterocycles. The van der Waals surface area contributed by atoms with E-state index in [9.17, 15) is 4.79 Å². The molecule has 0 unspecified atom stereocenters. The molecule has 0 radical (unpaired) electrons. The summed E-state index contributed by atoms with van der Waals surface area (Å²) in [6, 6.07) is 18.1. The van der Waals surface area contributed by atoms with Crippen LogP contribution in [0.1, 0.15) is 21.5 Å². The first kappa shape index (κ1) is 12.3. The van der Waals surface area contributed by atoms with Crippen LogP contribution >= 0.6 is 0 Å². The molecule has 4 rings (SSSR count). The van der Waals surface area contributed by atoms with Crippen molar-refractivity contribution >= 4 is 16.7 Å². The standard InChI is InChI=1S/C19H15NO/c21-19(17-10-13-4-1-2-5-14(13)11-17)16-7-8-18-15(12-16)6-3-9-20-18/h1-9,12,17H,10-11H2. The number of Topliss-reactive ketones (excluding diaryl/α,β-unsaturated/α-hetero) is 1. The lowest BCUT2D eigenvalue weighted by Crippen LogP contribution is -2.14. The molecule has 0 bridgehead atoms. The number of carbonyl (C=O) groups is 1. The van der Waals surface area contributed by atoms with Crippen molar-refractivity contribution in [3.63, 3.8) is 0 Å². The minimum Gasteiger partial charge on any atom is -0.294 e. The molecule has 0 N–H and O–H groups in total. The number of hydrogen-bond acceptors (Lipinski definition) is 2. The monoisotopic (exact) mass is 273 g/mol. The summed E-state index contributed by atoms with van der Waals surface area (Å²) in [4.78, 5) is 17.0. The van der Waals surface area contributed by atoms with Crippen LogP contribution in [0.25, 0.3) is 10.9 Å². The van der Waals surface area contributed by atoms with Crippen molar-refractivity contribution < 1.29 is 4.79 Å². The van der Waals surface area contributed by atoms with Gasteiger partial charge in [0.25, 0.3) is 0 Å². The van der Waals surface area contributed by atoms with Crippen LogP contribution in [-0.4, -0.2) is 10.8 Å². The molecule has 0 saturated heterocycles. The molecule has 1 aliphatic carbocycles. The van der Waals surface area contributed by atoms with Crippen LogP contribution < -0.4 is 0 Å². The van der Waals surface area contributed by atoms with Gasteiger partial charge in [-0.15, -0.1) is 0 Å². The lowest BCUT2D eigenvalue weighted by Gasteiger charge is -2.08. The molecule has 0 amide bonds. The number of carbonyl (C=O) groups excluding carboxylic acids is 1. The van der Waals surface area contributed by atoms with E-state index in [-0.39, 0.29) is 11.7 Å². The Kier molecular flexibility index (Phi) is 2.81. The summed E-state index contributed by atoms with van der Waals surface area (Å²) in [5.41, 5.74) is 4.37. The van der Waals surface area contributed by atoms with E-state index in [0.717, 1.165) is 29.3 Å². The van der Waals surface area contributed by atoms with Gasteiger partial charge in [-0.05, 0) is 48.2 Å². The van der Waals surface area contributed by atoms with E-state index in [4.69, 9.17) is 0 Å². The highest BCUT2D eigenvalue weighted by atomic mass is 16.1. The van der Waals surface area contributed by atoms with Gasteiger partial charge in [0, 0.05) is 23.1 Å². The molecule has 21 heavy (non-hydrogen) atoms. The average molecular weight is 273 g/mol. The van der Waals surface area contributed by atoms with E-state index in [1.165, 1.54) is 11.1 Å². The number of hydrogen-bond donors (Lipinski definition) is 0. The first-order valence-electron chi connectivity index (χ1n) is 7.27. The third-order valence-electron chi connectivity index (χ3n) is 4.31. The quantitative estimate of drug-likeness (QED) is 0.664. The Morgan fingerprint density at radius 2 is 1.71 bits per heavy atom. The van der Waals surface area contributed by atoms with E-state index in [0.29, 0.717) is 0 Å². The number of rotatable bonds is 2. The molecule has 0 aliphatic heterocycles. The molecular weight excluding hydrogens is 258 g/mol. The van der Waals surface area contributed by atoms with Crippen LogP contribution in [0.4, 0.5) is 0 Å². The molecule has 2 nitrogen and oxygen atoms in total. The summed E-state index contributed by atoms with van der Waals surface area (Å²) in [6.07, 6.45) is 3.50. The average Bonchev–Trinajstić information content (AvgIpc) is 2.97. The summed E-state index contributed by atoms with van der Waals surface area (Å²) in [6.45, 7) is 0. The van der Waals surface area contributed by atoms with Crippen molar-refractivity contribution in [2.24, 2.45) is 5.92 Å². The van der Waals surface area contributed by atoms with Gasteiger partial charge in [-0.1, -0.05) is 30.3 Å². The Morgan fingerprint density at radius 3 is 2.48 bits per heavy atom. The molecule has 2 heteroatoms. The van der Waals surface area contributed by atoms with Crippen LogP contribution in [0, 0.1) is 5.92 Å². The summed E-state index contributed by atoms with van der Waals surface area (Å²) in [7, 11) is 0. The number of pyridine rings is 1. The fourth-order valence-corrected chi connectivity index (χ4v) is 3.21. The third-order valence-corrected chi connectivity index (χ3v) is 4.31. The molecule has 0 atom stereocenters. The Morgan fingerprint density at radius 1 is 0.952 bits per heavy atom. The molecule has 0 spiro atoms. The zero-order chi connectivity index (χ0) is 14.2. The largest absolute Gasteiger partial charge is 0.294 e. The van der Waals surface area contributed by atoms with E-state index < -0.39 is 0 Å². The van der Waals surface area contributed by atoms with Crippen LogP contribution in [0.2, 0.25) is 0 Å². The van der Waals surface area contributed by atoms with Crippen molar-refractivity contribution in [3.05, 3.63) is 77.5 Å². The predicted octanol–water partition coefficient (Wildman–Crippen LogP) is 3.83. The van der Waals surface area contributed by atoms with Gasteiger partial charge in [0.1, 0.15) is 0 Å². The molecule has 0 fully saturated rings. The molecule has 102 valence electrons. The first-order chi connectivity index (χ1) is 10.3. The minimum atomic E-state index is 0.0801. The second-order valence-electron chi connectivity index (χ2n) is 5.65. The van der Waals surface area contributed by atoms with E-state index in [1.54, 1.807) is 6.20 Å². The number of nitrogens with zero attached hydrogens (tertiary/aromatic N) is 1. The molecule has 3 aromatic rings. The van der Waals surface area contributed by atoms with E-state index in [2.05, 4.69) is 17.1 Å². The van der Waals surface area contributed by atoms with Gasteiger partial charge in [0.05, 0.1) is 5.52 Å². The van der Waals surface area contributed by atoms with Crippen molar-refractivity contribution in [2.75, 3.05) is 0 Å². The fourth-order valence-electron chi connectivity index (χ4n) is 3.21. The van der Waals surface area contributed by atoms with Gasteiger partial charge in [-0.2, -0.15) is 0 Å². The van der Waals surface area contributed by atoms with E-state index >= 15 is 0 Å². The predicted molar refractivity (Wildman–Crippen MR) is 83.4 cm³/mol. The van der Waals surface area contributed by atoms with E-state index in [1.807, 2.05) is 42.5 Å². The molecule has 0 saturated carbocycles. The molecular formula is C19H15NO. The topological polar surface area (TPSA) is 30.0 Å². The lowest BCUT2D eigenvalue weighted by molar-refractivity contribution is 0.0925. The number of fused-ring (bicyclic) bond motifs is 2. The van der Waals surface area contributed by atoms with Crippen LogP contribution in [0.5, 0.6) is 0 Å². The molecule has 2 aromatic carbocycles. The van der Waals surface area contributed by atoms with Gasteiger partial charge < -0.3 is 0 Å². The van der Waals surface area contributed by atoms with Gasteiger partial charge >= 0.3 is 0 Å². The lowest BCUT2D eigenvalue weighted by atomic mass is 9.94. The van der Waals surface area contributed by atoms with Crippen LogP contribution in [0.3, 0.4) is 0 Å². The number of ketones is 1. The third kappa shape index (κ3) is 2.13. The summed E-state index contributed by atoms with van der Waals surface area (Å²) >= 11 is 0. The second kappa shape index (κ2) is 4.81. The van der Waals surface area contributed by atoms with Crippen molar-refractivity contribution in [3.8, 4) is 0 Å². The SMILES string of the molecule is O=C(c1ccc2ncccc2c1)C1Cc2ccccc2C1. The highest BCUT2D eigenvalue weighted by Crippen LogP contribution is 2.29. The first-order valence-corrected chi connectivity index (χ1v) is 7.27. The zero-order valence-corrected chi connectivity index (χ0v) is 11.6. The van der Waals surface area contributed by atoms with Crippen molar-refractivity contribution in [1.29, 1.82) is 0 Å². The van der Waals surface area contributed by atoms with Gasteiger partial charge in [0.15, 0.2) is 5.78 Å². The summed E-state index contributed by atoms with van der Waals surface area (Å²) in [5.74, 6) is 0.327. The Bertz CT molecular complexity index is 813. The number of benzene rings is 2. The van der Waals surface area contributed by atoms with Gasteiger partial charge in [-0.25, -0.2) is 0 Å².